The fraction of sp³-hybridized carbons (Fsp3) is 0.273. The van der Waals surface area contributed by atoms with E-state index in [1.807, 2.05) is 29.8 Å². The quantitative estimate of drug-likeness (QED) is 0.728. The van der Waals surface area contributed by atoms with Crippen LogP contribution in [0.25, 0.3) is 11.2 Å². The lowest BCUT2D eigenvalue weighted by atomic mass is 10.3. The molecule has 0 saturated heterocycles. The first-order valence-corrected chi connectivity index (χ1v) is 5.67. The van der Waals surface area contributed by atoms with Gasteiger partial charge >= 0.3 is 0 Å². The lowest BCUT2D eigenvalue weighted by molar-refractivity contribution is 0.527. The number of hydrogen-bond acceptors (Lipinski definition) is 5. The Kier molecular flexibility index (Phi) is 2.44. The maximum Gasteiger partial charge on any atom is 0.202 e. The van der Waals surface area contributed by atoms with Gasteiger partial charge in [0.25, 0.3) is 0 Å². The molecule has 0 saturated carbocycles. The second-order valence-corrected chi connectivity index (χ2v) is 4.08. The van der Waals surface area contributed by atoms with E-state index in [0.29, 0.717) is 19.0 Å². The molecule has 2 N–H and O–H groups in total. The molecule has 7 heteroatoms. The largest absolute Gasteiger partial charge is 0.369 e. The maximum absolute atomic E-state index is 5.91. The first kappa shape index (κ1) is 10.7. The van der Waals surface area contributed by atoms with E-state index in [4.69, 9.17) is 5.73 Å². The summed E-state index contributed by atoms with van der Waals surface area (Å²) in [7, 11) is 0. The van der Waals surface area contributed by atoms with Gasteiger partial charge in [-0.25, -0.2) is 9.97 Å². The molecule has 3 aromatic heterocycles. The van der Waals surface area contributed by atoms with E-state index < -0.39 is 0 Å². The number of imidazole rings is 1. The van der Waals surface area contributed by atoms with Crippen LogP contribution in [-0.2, 0) is 13.1 Å². The van der Waals surface area contributed by atoms with Crippen LogP contribution in [0.15, 0.2) is 24.5 Å². The van der Waals surface area contributed by atoms with Crippen LogP contribution in [0.3, 0.4) is 0 Å². The maximum atomic E-state index is 5.91. The Balaban J connectivity index is 1.95. The fourth-order valence-electron chi connectivity index (χ4n) is 1.89. The van der Waals surface area contributed by atoms with Crippen molar-refractivity contribution in [1.29, 1.82) is 0 Å². The summed E-state index contributed by atoms with van der Waals surface area (Å²) in [5.41, 5.74) is 8.49. The SMILES string of the molecule is Cc1ccc2nc(N)n(CCn3ccnn3)c2n1. The third kappa shape index (κ3) is 1.79. The van der Waals surface area contributed by atoms with Gasteiger partial charge in [0, 0.05) is 18.4 Å². The fourth-order valence-corrected chi connectivity index (χ4v) is 1.89. The number of nitrogens with zero attached hydrogens (tertiary/aromatic N) is 6. The molecule has 0 bridgehead atoms. The molecule has 92 valence electrons. The number of anilines is 1. The van der Waals surface area contributed by atoms with Crippen molar-refractivity contribution in [2.45, 2.75) is 20.0 Å². The predicted octanol–water partition coefficient (Wildman–Crippen LogP) is 0.614. The number of aromatic nitrogens is 6. The highest BCUT2D eigenvalue weighted by atomic mass is 15.4. The highest BCUT2D eigenvalue weighted by Gasteiger charge is 2.09. The molecule has 0 amide bonds. The Morgan fingerprint density at radius 1 is 1.22 bits per heavy atom. The summed E-state index contributed by atoms with van der Waals surface area (Å²) in [6, 6.07) is 3.86. The highest BCUT2D eigenvalue weighted by Crippen LogP contribution is 2.16. The third-order valence-electron chi connectivity index (χ3n) is 2.79. The van der Waals surface area contributed by atoms with E-state index in [0.717, 1.165) is 16.9 Å². The molecule has 0 atom stereocenters. The van der Waals surface area contributed by atoms with Gasteiger partial charge in [-0.3, -0.25) is 9.25 Å². The molecule has 0 spiro atoms. The molecule has 3 aromatic rings. The smallest absolute Gasteiger partial charge is 0.202 e. The molecule has 0 radical (unpaired) electrons. The predicted molar refractivity (Wildman–Crippen MR) is 66.7 cm³/mol. The molecule has 0 fully saturated rings. The minimum absolute atomic E-state index is 0.475. The van der Waals surface area contributed by atoms with Gasteiger partial charge in [-0.05, 0) is 19.1 Å². The number of fused-ring (bicyclic) bond motifs is 1. The number of hydrogen-bond donors (Lipinski definition) is 1. The molecular weight excluding hydrogens is 230 g/mol. The summed E-state index contributed by atoms with van der Waals surface area (Å²) in [5.74, 6) is 0.475. The number of aryl methyl sites for hydroxylation is 3. The highest BCUT2D eigenvalue weighted by molar-refractivity contribution is 5.74. The first-order chi connectivity index (χ1) is 8.74. The Bertz CT molecular complexity index is 668. The number of nitrogens with two attached hydrogens (primary N) is 1. The summed E-state index contributed by atoms with van der Waals surface area (Å²) in [4.78, 5) is 8.76. The molecule has 3 heterocycles. The average Bonchev–Trinajstić information content (AvgIpc) is 2.94. The molecule has 18 heavy (non-hydrogen) atoms. The van der Waals surface area contributed by atoms with Gasteiger partial charge in [0.1, 0.15) is 5.52 Å². The van der Waals surface area contributed by atoms with Crippen molar-refractivity contribution < 1.29 is 0 Å². The summed E-state index contributed by atoms with van der Waals surface area (Å²) in [6.07, 6.45) is 3.46. The summed E-state index contributed by atoms with van der Waals surface area (Å²) in [6.45, 7) is 3.30. The molecule has 0 aliphatic rings. The summed E-state index contributed by atoms with van der Waals surface area (Å²) in [5, 5.41) is 7.68. The van der Waals surface area contributed by atoms with Crippen LogP contribution < -0.4 is 5.73 Å². The monoisotopic (exact) mass is 243 g/mol. The van der Waals surface area contributed by atoms with Crippen LogP contribution in [0.2, 0.25) is 0 Å². The van der Waals surface area contributed by atoms with Gasteiger partial charge in [-0.1, -0.05) is 5.21 Å². The lowest BCUT2D eigenvalue weighted by Gasteiger charge is -2.05. The Hall–Kier alpha value is -2.44. The second-order valence-electron chi connectivity index (χ2n) is 4.08. The molecule has 7 nitrogen and oxygen atoms in total. The number of pyridine rings is 1. The van der Waals surface area contributed by atoms with Gasteiger partial charge in [0.15, 0.2) is 5.65 Å². The van der Waals surface area contributed by atoms with Crippen LogP contribution in [0.1, 0.15) is 5.69 Å². The van der Waals surface area contributed by atoms with Crippen molar-refractivity contribution in [2.24, 2.45) is 0 Å². The molecule has 0 aromatic carbocycles. The standard InChI is InChI=1S/C11H13N7/c1-8-2-3-9-10(14-8)18(11(12)15-9)7-6-17-5-4-13-16-17/h2-5H,6-7H2,1H3,(H2,12,15). The minimum Gasteiger partial charge on any atom is -0.369 e. The van der Waals surface area contributed by atoms with Gasteiger partial charge in [0.2, 0.25) is 5.95 Å². The van der Waals surface area contributed by atoms with E-state index in [2.05, 4.69) is 20.3 Å². The topological polar surface area (TPSA) is 87.4 Å². The van der Waals surface area contributed by atoms with Crippen molar-refractivity contribution in [2.75, 3.05) is 5.73 Å². The van der Waals surface area contributed by atoms with Crippen molar-refractivity contribution in [3.63, 3.8) is 0 Å². The van der Waals surface area contributed by atoms with Crippen molar-refractivity contribution in [3.8, 4) is 0 Å². The molecule has 0 unspecified atom stereocenters. The van der Waals surface area contributed by atoms with E-state index in [1.165, 1.54) is 0 Å². The molecule has 3 rings (SSSR count). The zero-order valence-electron chi connectivity index (χ0n) is 9.98. The zero-order valence-corrected chi connectivity index (χ0v) is 9.98. The minimum atomic E-state index is 0.475. The van der Waals surface area contributed by atoms with Crippen LogP contribution in [0, 0.1) is 6.92 Å². The van der Waals surface area contributed by atoms with Gasteiger partial charge < -0.3 is 5.73 Å². The van der Waals surface area contributed by atoms with Crippen LogP contribution >= 0.6 is 0 Å². The normalized spacial score (nSPS) is 11.2. The van der Waals surface area contributed by atoms with Gasteiger partial charge in [0.05, 0.1) is 12.7 Å². The van der Waals surface area contributed by atoms with Crippen molar-refractivity contribution in [1.82, 2.24) is 29.5 Å². The Morgan fingerprint density at radius 2 is 2.11 bits per heavy atom. The number of nitrogen functional groups attached to an aromatic ring is 1. The van der Waals surface area contributed by atoms with E-state index in [1.54, 1.807) is 10.9 Å². The lowest BCUT2D eigenvalue weighted by Crippen LogP contribution is -2.11. The molecule has 0 aliphatic carbocycles. The van der Waals surface area contributed by atoms with Crippen LogP contribution in [0.5, 0.6) is 0 Å². The zero-order chi connectivity index (χ0) is 12.5. The summed E-state index contributed by atoms with van der Waals surface area (Å²) >= 11 is 0. The average molecular weight is 243 g/mol. The summed E-state index contributed by atoms with van der Waals surface area (Å²) < 4.78 is 3.64. The van der Waals surface area contributed by atoms with E-state index >= 15 is 0 Å². The molecular formula is C11H13N7. The van der Waals surface area contributed by atoms with Crippen molar-refractivity contribution >= 4 is 17.1 Å². The van der Waals surface area contributed by atoms with Gasteiger partial charge in [-0.15, -0.1) is 5.10 Å². The Labute approximate surface area is 103 Å². The van der Waals surface area contributed by atoms with E-state index in [9.17, 15) is 0 Å². The third-order valence-corrected chi connectivity index (χ3v) is 2.79. The van der Waals surface area contributed by atoms with Gasteiger partial charge in [-0.2, -0.15) is 0 Å². The first-order valence-electron chi connectivity index (χ1n) is 5.67. The molecule has 0 aliphatic heterocycles. The second kappa shape index (κ2) is 4.10. The van der Waals surface area contributed by atoms with E-state index in [-0.39, 0.29) is 0 Å². The van der Waals surface area contributed by atoms with Crippen LogP contribution in [-0.4, -0.2) is 29.5 Å². The van der Waals surface area contributed by atoms with Crippen molar-refractivity contribution in [3.05, 3.63) is 30.2 Å². The number of rotatable bonds is 3. The Morgan fingerprint density at radius 3 is 2.89 bits per heavy atom. The van der Waals surface area contributed by atoms with Crippen LogP contribution in [0.4, 0.5) is 5.95 Å².